The van der Waals surface area contributed by atoms with Crippen LogP contribution < -0.4 is 5.32 Å². The van der Waals surface area contributed by atoms with E-state index >= 15 is 0 Å². The second kappa shape index (κ2) is 10.6. The van der Waals surface area contributed by atoms with E-state index < -0.39 is 12.1 Å². The SMILES string of the molecule is CNC(=O)[C@@H]1CCO[C@@H]2CCN(CCc3ccccc3)C[C@H]21.O=C(O)C(F)(F)F. The van der Waals surface area contributed by atoms with Gasteiger partial charge in [-0.05, 0) is 24.8 Å². The molecule has 0 spiro atoms. The molecule has 6 nitrogen and oxygen atoms in total. The first-order valence-corrected chi connectivity index (χ1v) is 9.62. The monoisotopic (exact) mass is 416 g/mol. The molecule has 162 valence electrons. The summed E-state index contributed by atoms with van der Waals surface area (Å²) in [5.41, 5.74) is 1.38. The fourth-order valence-corrected chi connectivity index (χ4v) is 3.83. The van der Waals surface area contributed by atoms with Crippen molar-refractivity contribution in [1.82, 2.24) is 10.2 Å². The van der Waals surface area contributed by atoms with E-state index in [2.05, 4.69) is 40.5 Å². The van der Waals surface area contributed by atoms with E-state index in [-0.39, 0.29) is 17.9 Å². The fraction of sp³-hybridized carbons (Fsp3) is 0.600. The number of nitrogens with one attached hydrogen (secondary N) is 1. The molecule has 1 aromatic rings. The topological polar surface area (TPSA) is 78.9 Å². The molecule has 2 heterocycles. The molecule has 2 aliphatic rings. The average Bonchev–Trinajstić information content (AvgIpc) is 2.71. The minimum atomic E-state index is -5.08. The van der Waals surface area contributed by atoms with Crippen molar-refractivity contribution in [1.29, 1.82) is 0 Å². The van der Waals surface area contributed by atoms with Gasteiger partial charge in [-0.1, -0.05) is 30.3 Å². The van der Waals surface area contributed by atoms with Crippen molar-refractivity contribution in [2.24, 2.45) is 11.8 Å². The molecule has 1 amide bonds. The zero-order valence-corrected chi connectivity index (χ0v) is 16.3. The van der Waals surface area contributed by atoms with Crippen LogP contribution in [0.5, 0.6) is 0 Å². The number of carboxylic acid groups (broad SMARTS) is 1. The largest absolute Gasteiger partial charge is 0.490 e. The lowest BCUT2D eigenvalue weighted by Crippen LogP contribution is -2.53. The molecule has 1 aromatic carbocycles. The number of carboxylic acids is 1. The highest BCUT2D eigenvalue weighted by Gasteiger charge is 2.41. The second-order valence-electron chi connectivity index (χ2n) is 7.21. The summed E-state index contributed by atoms with van der Waals surface area (Å²) in [6.45, 7) is 3.85. The lowest BCUT2D eigenvalue weighted by Gasteiger charge is -2.44. The van der Waals surface area contributed by atoms with Crippen LogP contribution in [0.3, 0.4) is 0 Å². The van der Waals surface area contributed by atoms with Gasteiger partial charge in [0.1, 0.15) is 0 Å². The first-order valence-electron chi connectivity index (χ1n) is 9.62. The van der Waals surface area contributed by atoms with Gasteiger partial charge in [0.15, 0.2) is 0 Å². The van der Waals surface area contributed by atoms with Crippen LogP contribution in [0.1, 0.15) is 18.4 Å². The Kier molecular flexibility index (Phi) is 8.45. The average molecular weight is 416 g/mol. The zero-order valence-electron chi connectivity index (χ0n) is 16.3. The van der Waals surface area contributed by atoms with E-state index in [4.69, 9.17) is 14.6 Å². The molecule has 3 rings (SSSR count). The molecule has 0 unspecified atom stereocenters. The minimum Gasteiger partial charge on any atom is -0.475 e. The van der Waals surface area contributed by atoms with Crippen molar-refractivity contribution in [3.8, 4) is 0 Å². The number of alkyl halides is 3. The Bertz CT molecular complexity index is 669. The van der Waals surface area contributed by atoms with E-state index in [1.165, 1.54) is 5.56 Å². The van der Waals surface area contributed by atoms with E-state index in [0.717, 1.165) is 45.5 Å². The predicted molar refractivity (Wildman–Crippen MR) is 100 cm³/mol. The molecule has 0 aromatic heterocycles. The van der Waals surface area contributed by atoms with Gasteiger partial charge in [0.2, 0.25) is 5.91 Å². The van der Waals surface area contributed by atoms with Gasteiger partial charge in [0.25, 0.3) is 0 Å². The number of halogens is 3. The molecule has 9 heteroatoms. The number of carbonyl (C=O) groups is 2. The summed E-state index contributed by atoms with van der Waals surface area (Å²) in [5, 5.41) is 9.95. The van der Waals surface area contributed by atoms with Crippen LogP contribution in [-0.2, 0) is 20.7 Å². The highest BCUT2D eigenvalue weighted by molar-refractivity contribution is 5.78. The van der Waals surface area contributed by atoms with Gasteiger partial charge in [-0.2, -0.15) is 13.2 Å². The number of nitrogens with zero attached hydrogens (tertiary/aromatic N) is 1. The molecule has 0 saturated carbocycles. The third kappa shape index (κ3) is 7.01. The van der Waals surface area contributed by atoms with Gasteiger partial charge in [0, 0.05) is 45.1 Å². The van der Waals surface area contributed by atoms with E-state index in [0.29, 0.717) is 5.92 Å². The summed E-state index contributed by atoms with van der Waals surface area (Å²) >= 11 is 0. The Morgan fingerprint density at radius 2 is 1.90 bits per heavy atom. The predicted octanol–water partition coefficient (Wildman–Crippen LogP) is 2.34. The van der Waals surface area contributed by atoms with Gasteiger partial charge < -0.3 is 20.1 Å². The zero-order chi connectivity index (χ0) is 21.4. The van der Waals surface area contributed by atoms with Crippen molar-refractivity contribution in [2.45, 2.75) is 31.5 Å². The summed E-state index contributed by atoms with van der Waals surface area (Å²) in [7, 11) is 1.74. The van der Waals surface area contributed by atoms with Crippen LogP contribution in [-0.4, -0.2) is 67.5 Å². The van der Waals surface area contributed by atoms with Crippen molar-refractivity contribution in [3.05, 3.63) is 35.9 Å². The van der Waals surface area contributed by atoms with Crippen molar-refractivity contribution < 1.29 is 32.6 Å². The standard InChI is InChI=1S/C18H26N2O2.C2HF3O2/c1-19-18(21)15-9-12-22-17-8-11-20(13-16(15)17)10-7-14-5-3-2-4-6-14;3-2(4,5)1(6)7/h2-6,15-17H,7-13H2,1H3,(H,19,21);(H,6,7)/t15-,16+,17-;/m1./s1. The van der Waals surface area contributed by atoms with Crippen LogP contribution >= 0.6 is 0 Å². The van der Waals surface area contributed by atoms with Crippen molar-refractivity contribution >= 4 is 11.9 Å². The first-order chi connectivity index (χ1) is 13.7. The van der Waals surface area contributed by atoms with Crippen LogP contribution in [0, 0.1) is 11.8 Å². The third-order valence-electron chi connectivity index (χ3n) is 5.34. The smallest absolute Gasteiger partial charge is 0.475 e. The number of fused-ring (bicyclic) bond motifs is 1. The summed E-state index contributed by atoms with van der Waals surface area (Å²) in [4.78, 5) is 23.5. The molecule has 3 atom stereocenters. The van der Waals surface area contributed by atoms with Gasteiger partial charge >= 0.3 is 12.1 Å². The first kappa shape index (κ1) is 23.2. The number of ether oxygens (including phenoxy) is 1. The lowest BCUT2D eigenvalue weighted by atomic mass is 9.79. The lowest BCUT2D eigenvalue weighted by molar-refractivity contribution is -0.192. The van der Waals surface area contributed by atoms with Crippen molar-refractivity contribution in [3.63, 3.8) is 0 Å². The summed E-state index contributed by atoms with van der Waals surface area (Å²) < 4.78 is 37.6. The number of hydrogen-bond donors (Lipinski definition) is 2. The van der Waals surface area contributed by atoms with Crippen LogP contribution in [0.15, 0.2) is 30.3 Å². The Hall–Kier alpha value is -2.13. The van der Waals surface area contributed by atoms with Gasteiger partial charge in [-0.3, -0.25) is 4.79 Å². The number of likely N-dealkylation sites (tertiary alicyclic amines) is 1. The number of amides is 1. The van der Waals surface area contributed by atoms with Crippen LogP contribution in [0.25, 0.3) is 0 Å². The summed E-state index contributed by atoms with van der Waals surface area (Å²) in [6, 6.07) is 10.6. The minimum absolute atomic E-state index is 0.114. The highest BCUT2D eigenvalue weighted by atomic mass is 19.4. The molecule has 29 heavy (non-hydrogen) atoms. The van der Waals surface area contributed by atoms with Crippen LogP contribution in [0.4, 0.5) is 13.2 Å². The number of piperidine rings is 1. The number of hydrogen-bond acceptors (Lipinski definition) is 4. The van der Waals surface area contributed by atoms with Gasteiger partial charge in [-0.15, -0.1) is 0 Å². The summed E-state index contributed by atoms with van der Waals surface area (Å²) in [6.07, 6.45) is -1.84. The Balaban J connectivity index is 0.000000370. The molecule has 2 N–H and O–H groups in total. The van der Waals surface area contributed by atoms with E-state index in [1.54, 1.807) is 7.05 Å². The third-order valence-corrected chi connectivity index (χ3v) is 5.34. The maximum Gasteiger partial charge on any atom is 0.490 e. The van der Waals surface area contributed by atoms with E-state index in [1.807, 2.05) is 0 Å². The molecular weight excluding hydrogens is 389 g/mol. The maximum atomic E-state index is 12.1. The van der Waals surface area contributed by atoms with Gasteiger partial charge in [-0.25, -0.2) is 4.79 Å². The Labute approximate surface area is 168 Å². The van der Waals surface area contributed by atoms with Gasteiger partial charge in [0.05, 0.1) is 6.10 Å². The molecule has 2 saturated heterocycles. The Morgan fingerprint density at radius 3 is 2.48 bits per heavy atom. The van der Waals surface area contributed by atoms with Crippen molar-refractivity contribution in [2.75, 3.05) is 33.3 Å². The quantitative estimate of drug-likeness (QED) is 0.788. The molecule has 0 bridgehead atoms. The highest BCUT2D eigenvalue weighted by Crippen LogP contribution is 2.33. The van der Waals surface area contributed by atoms with Crippen LogP contribution in [0.2, 0.25) is 0 Å². The Morgan fingerprint density at radius 1 is 1.24 bits per heavy atom. The van der Waals surface area contributed by atoms with E-state index in [9.17, 15) is 18.0 Å². The fourth-order valence-electron chi connectivity index (χ4n) is 3.83. The molecule has 2 aliphatic heterocycles. The number of rotatable bonds is 4. The molecule has 2 fully saturated rings. The molecular formula is C20H27F3N2O4. The molecule has 0 aliphatic carbocycles. The number of carbonyl (C=O) groups excluding carboxylic acids is 1. The maximum absolute atomic E-state index is 12.1. The number of aliphatic carboxylic acids is 1. The normalized spacial score (nSPS) is 24.6. The number of benzene rings is 1. The second-order valence-corrected chi connectivity index (χ2v) is 7.21. The molecule has 0 radical (unpaired) electrons. The summed E-state index contributed by atoms with van der Waals surface area (Å²) in [5.74, 6) is -2.11.